The van der Waals surface area contributed by atoms with Gasteiger partial charge in [-0.05, 0) is 44.9 Å². The Morgan fingerprint density at radius 1 is 1.37 bits per heavy atom. The number of rotatable bonds is 5. The largest absolute Gasteiger partial charge is 0.494 e. The Bertz CT molecular complexity index is 447. The van der Waals surface area contributed by atoms with Gasteiger partial charge in [0.2, 0.25) is 0 Å². The lowest BCUT2D eigenvalue weighted by Crippen LogP contribution is -2.36. The molecule has 3 heteroatoms. The van der Waals surface area contributed by atoms with Crippen molar-refractivity contribution in [3.8, 4) is 5.75 Å². The molecule has 1 N–H and O–H groups in total. The molecule has 0 spiro atoms. The fourth-order valence-corrected chi connectivity index (χ4v) is 1.66. The predicted octanol–water partition coefficient (Wildman–Crippen LogP) is 4.02. The van der Waals surface area contributed by atoms with E-state index in [1.807, 2.05) is 12.1 Å². The molecule has 0 aliphatic rings. The van der Waals surface area contributed by atoms with Gasteiger partial charge in [-0.1, -0.05) is 24.6 Å². The molecule has 106 valence electrons. The lowest BCUT2D eigenvalue weighted by molar-refractivity contribution is 0.386. The first-order chi connectivity index (χ1) is 8.85. The van der Waals surface area contributed by atoms with Gasteiger partial charge in [0, 0.05) is 12.1 Å². The zero-order chi connectivity index (χ0) is 14.5. The van der Waals surface area contributed by atoms with E-state index in [0.29, 0.717) is 0 Å². The van der Waals surface area contributed by atoms with Gasteiger partial charge in [0.25, 0.3) is 0 Å². The summed E-state index contributed by atoms with van der Waals surface area (Å²) in [6.45, 7) is 9.32. The Morgan fingerprint density at radius 2 is 2.05 bits per heavy atom. The van der Waals surface area contributed by atoms with Gasteiger partial charge < -0.3 is 10.1 Å². The molecule has 1 aromatic carbocycles. The summed E-state index contributed by atoms with van der Waals surface area (Å²) in [7, 11) is 1.47. The molecule has 0 bridgehead atoms. The quantitative estimate of drug-likeness (QED) is 0.868. The fraction of sp³-hybridized carbons (Fsp3) is 0.500. The summed E-state index contributed by atoms with van der Waals surface area (Å²) in [4.78, 5) is 0. The van der Waals surface area contributed by atoms with Gasteiger partial charge in [0.05, 0.1) is 7.11 Å². The van der Waals surface area contributed by atoms with Crippen LogP contribution < -0.4 is 10.1 Å². The fourth-order valence-electron chi connectivity index (χ4n) is 1.66. The van der Waals surface area contributed by atoms with Crippen LogP contribution in [-0.4, -0.2) is 19.2 Å². The molecule has 0 aliphatic carbocycles. The maximum absolute atomic E-state index is 13.6. The van der Waals surface area contributed by atoms with Crippen molar-refractivity contribution in [2.75, 3.05) is 13.7 Å². The molecule has 0 unspecified atom stereocenters. The Labute approximate surface area is 115 Å². The maximum atomic E-state index is 13.6. The number of benzene rings is 1. The van der Waals surface area contributed by atoms with E-state index in [0.717, 1.165) is 18.5 Å². The number of ether oxygens (including phenoxy) is 1. The van der Waals surface area contributed by atoms with Crippen LogP contribution in [0.2, 0.25) is 0 Å². The highest BCUT2D eigenvalue weighted by Gasteiger charge is 2.09. The van der Waals surface area contributed by atoms with Gasteiger partial charge in [0.1, 0.15) is 0 Å². The van der Waals surface area contributed by atoms with E-state index in [1.165, 1.54) is 18.7 Å². The highest BCUT2D eigenvalue weighted by molar-refractivity contribution is 5.54. The molecule has 2 nitrogen and oxygen atoms in total. The number of nitrogens with one attached hydrogen (secondary N) is 1. The highest BCUT2D eigenvalue weighted by Crippen LogP contribution is 2.20. The van der Waals surface area contributed by atoms with Gasteiger partial charge in [0.15, 0.2) is 11.6 Å². The van der Waals surface area contributed by atoms with E-state index in [1.54, 1.807) is 6.07 Å². The first-order valence-corrected chi connectivity index (χ1v) is 6.63. The van der Waals surface area contributed by atoms with E-state index in [-0.39, 0.29) is 17.1 Å². The van der Waals surface area contributed by atoms with Crippen LogP contribution in [0.1, 0.15) is 39.7 Å². The standard InChI is InChI=1S/C16H24FNO/c1-6-12(11-18-16(2,3)4)9-13-7-8-15(19-5)14(17)10-13/h7-10,18H,6,11H2,1-5H3. The normalized spacial score (nSPS) is 12.6. The van der Waals surface area contributed by atoms with E-state index < -0.39 is 0 Å². The average Bonchev–Trinajstić information content (AvgIpc) is 2.33. The van der Waals surface area contributed by atoms with E-state index in [4.69, 9.17) is 4.74 Å². The Hall–Kier alpha value is -1.35. The highest BCUT2D eigenvalue weighted by atomic mass is 19.1. The zero-order valence-corrected chi connectivity index (χ0v) is 12.5. The Morgan fingerprint density at radius 3 is 2.53 bits per heavy atom. The molecule has 0 amide bonds. The lowest BCUT2D eigenvalue weighted by atomic mass is 10.1. The molecular weight excluding hydrogens is 241 g/mol. The molecular formula is C16H24FNO. The molecule has 1 aromatic rings. The topological polar surface area (TPSA) is 21.3 Å². The Kier molecular flexibility index (Phi) is 5.55. The molecule has 0 radical (unpaired) electrons. The van der Waals surface area contributed by atoms with Crippen molar-refractivity contribution in [3.05, 3.63) is 35.2 Å². The third kappa shape index (κ3) is 5.43. The monoisotopic (exact) mass is 265 g/mol. The number of hydrogen-bond acceptors (Lipinski definition) is 2. The van der Waals surface area contributed by atoms with Crippen LogP contribution in [-0.2, 0) is 0 Å². The molecule has 0 saturated carbocycles. The minimum atomic E-state index is -0.324. The molecule has 1 rings (SSSR count). The average molecular weight is 265 g/mol. The SMILES string of the molecule is CCC(=Cc1ccc(OC)c(F)c1)CNC(C)(C)C. The van der Waals surface area contributed by atoms with Gasteiger partial charge in [-0.2, -0.15) is 0 Å². The summed E-state index contributed by atoms with van der Waals surface area (Å²) in [6, 6.07) is 5.03. The molecule has 0 saturated heterocycles. The van der Waals surface area contributed by atoms with Crippen molar-refractivity contribution in [1.82, 2.24) is 5.32 Å². The van der Waals surface area contributed by atoms with E-state index in [2.05, 4.69) is 33.0 Å². The summed E-state index contributed by atoms with van der Waals surface area (Å²) in [5.41, 5.74) is 2.20. The zero-order valence-electron chi connectivity index (χ0n) is 12.5. The first kappa shape index (κ1) is 15.7. The second-order valence-electron chi connectivity index (χ2n) is 5.65. The van der Waals surface area contributed by atoms with Crippen LogP contribution in [0.4, 0.5) is 4.39 Å². The molecule has 19 heavy (non-hydrogen) atoms. The lowest BCUT2D eigenvalue weighted by Gasteiger charge is -2.21. The second kappa shape index (κ2) is 6.71. The van der Waals surface area contributed by atoms with Crippen molar-refractivity contribution >= 4 is 6.08 Å². The summed E-state index contributed by atoms with van der Waals surface area (Å²) < 4.78 is 18.5. The first-order valence-electron chi connectivity index (χ1n) is 6.63. The number of hydrogen-bond donors (Lipinski definition) is 1. The summed E-state index contributed by atoms with van der Waals surface area (Å²) in [6.07, 6.45) is 2.97. The molecule has 0 aliphatic heterocycles. The number of methoxy groups -OCH3 is 1. The van der Waals surface area contributed by atoms with Crippen LogP contribution in [0.25, 0.3) is 6.08 Å². The summed E-state index contributed by atoms with van der Waals surface area (Å²) >= 11 is 0. The van der Waals surface area contributed by atoms with E-state index >= 15 is 0 Å². The van der Waals surface area contributed by atoms with Crippen LogP contribution in [0, 0.1) is 5.82 Å². The molecule has 0 fully saturated rings. The van der Waals surface area contributed by atoms with Gasteiger partial charge in [-0.15, -0.1) is 0 Å². The third-order valence-electron chi connectivity index (χ3n) is 2.85. The third-order valence-corrected chi connectivity index (χ3v) is 2.85. The van der Waals surface area contributed by atoms with Crippen molar-refractivity contribution in [2.24, 2.45) is 0 Å². The Balaban J connectivity index is 2.83. The smallest absolute Gasteiger partial charge is 0.165 e. The number of halogens is 1. The van der Waals surface area contributed by atoms with E-state index in [9.17, 15) is 4.39 Å². The predicted molar refractivity (Wildman–Crippen MR) is 79.0 cm³/mol. The molecule has 0 heterocycles. The van der Waals surface area contributed by atoms with Gasteiger partial charge in [-0.25, -0.2) is 4.39 Å². The minimum Gasteiger partial charge on any atom is -0.494 e. The molecule has 0 aromatic heterocycles. The van der Waals surface area contributed by atoms with Crippen molar-refractivity contribution < 1.29 is 9.13 Å². The summed E-state index contributed by atoms with van der Waals surface area (Å²) in [5.74, 6) is -0.0431. The van der Waals surface area contributed by atoms with Crippen molar-refractivity contribution in [2.45, 2.75) is 39.7 Å². The van der Waals surface area contributed by atoms with Crippen LogP contribution in [0.15, 0.2) is 23.8 Å². The van der Waals surface area contributed by atoms with Crippen LogP contribution in [0.5, 0.6) is 5.75 Å². The van der Waals surface area contributed by atoms with Gasteiger partial charge >= 0.3 is 0 Å². The summed E-state index contributed by atoms with van der Waals surface area (Å²) in [5, 5.41) is 3.44. The molecule has 0 atom stereocenters. The maximum Gasteiger partial charge on any atom is 0.165 e. The van der Waals surface area contributed by atoms with Crippen LogP contribution in [0.3, 0.4) is 0 Å². The van der Waals surface area contributed by atoms with Crippen LogP contribution >= 0.6 is 0 Å². The van der Waals surface area contributed by atoms with Crippen molar-refractivity contribution in [1.29, 1.82) is 0 Å². The van der Waals surface area contributed by atoms with Gasteiger partial charge in [-0.3, -0.25) is 0 Å². The van der Waals surface area contributed by atoms with Crippen molar-refractivity contribution in [3.63, 3.8) is 0 Å². The second-order valence-corrected chi connectivity index (χ2v) is 5.65. The minimum absolute atomic E-state index is 0.0828.